The summed E-state index contributed by atoms with van der Waals surface area (Å²) < 4.78 is 30.0. The number of fused-ring (bicyclic) bond motifs is 4. The summed E-state index contributed by atoms with van der Waals surface area (Å²) >= 11 is 6.49. The Labute approximate surface area is 309 Å². The molecule has 2 amide bonds. The van der Waals surface area contributed by atoms with Crippen molar-refractivity contribution in [3.8, 4) is 5.75 Å². The van der Waals surface area contributed by atoms with Crippen molar-refractivity contribution in [2.24, 2.45) is 17.8 Å². The van der Waals surface area contributed by atoms with Crippen LogP contribution < -0.4 is 14.4 Å². The quantitative estimate of drug-likeness (QED) is 0.270. The first-order valence-electron chi connectivity index (χ1n) is 18.8. The molecule has 0 radical (unpaired) electrons. The zero-order valence-corrected chi connectivity index (χ0v) is 32.2. The Kier molecular flexibility index (Phi) is 10.0. The van der Waals surface area contributed by atoms with Gasteiger partial charge in [-0.25, -0.2) is 4.21 Å². The molecule has 2 bridgehead atoms. The molecule has 2 saturated carbocycles. The molecule has 7 atom stereocenters. The molecule has 0 saturated heterocycles. The molecule has 2 aliphatic heterocycles. The van der Waals surface area contributed by atoms with Crippen molar-refractivity contribution in [2.75, 3.05) is 38.8 Å². The molecule has 1 N–H and O–H groups in total. The number of carbonyl (C=O) groups is 2. The molecule has 2 aromatic carbocycles. The molecule has 1 spiro atoms. The van der Waals surface area contributed by atoms with E-state index in [1.165, 1.54) is 11.1 Å². The average Bonchev–Trinajstić information content (AvgIpc) is 3.21. The third kappa shape index (κ3) is 6.83. The zero-order chi connectivity index (χ0) is 36.1. The number of hydrogen-bond acceptors (Lipinski definition) is 6. The summed E-state index contributed by atoms with van der Waals surface area (Å²) in [5.41, 5.74) is 2.78. The van der Waals surface area contributed by atoms with E-state index in [1.54, 1.807) is 13.2 Å². The summed E-state index contributed by atoms with van der Waals surface area (Å²) in [6.45, 7) is 5.88. The van der Waals surface area contributed by atoms with Crippen molar-refractivity contribution in [1.82, 2.24) is 9.62 Å². The molecule has 2 fully saturated rings. The topological polar surface area (TPSA) is 88.2 Å². The molecule has 1 unspecified atom stereocenters. The molecular weight excluding hydrogens is 682 g/mol. The summed E-state index contributed by atoms with van der Waals surface area (Å²) in [6.07, 6.45) is 13.4. The van der Waals surface area contributed by atoms with Crippen LogP contribution in [0.4, 0.5) is 5.69 Å². The van der Waals surface area contributed by atoms with Crippen molar-refractivity contribution in [3.05, 3.63) is 70.3 Å². The standard InChI is InChI=1S/C41H54ClN3O5S/c1-27-9-7-20-41(49-4,23-38(46)44(3)33-11-6-12-33)35-16-13-31(35)24-45-25-40(19-8-10-29-21-32(42)15-17-34(29)40)26-50-37-18-14-30(22-36(37)45)39(47)43-51(5,48)28(27)2/h7,14-15,17-18,20-22,27-28,31,33,35H,5-6,8-13,16,19,23-26H2,1-4H3,(H,43,47,48)/b20-7+/t27-,28+,31-,35+,40-,41+,51?/m0/s1. The highest BCUT2D eigenvalue weighted by atomic mass is 35.5. The lowest BCUT2D eigenvalue weighted by Gasteiger charge is -2.51. The van der Waals surface area contributed by atoms with E-state index >= 15 is 0 Å². The maximum absolute atomic E-state index is 14.0. The summed E-state index contributed by atoms with van der Waals surface area (Å²) in [6, 6.07) is 12.1. The summed E-state index contributed by atoms with van der Waals surface area (Å²) in [4.78, 5) is 32.1. The van der Waals surface area contributed by atoms with E-state index in [4.69, 9.17) is 21.1 Å². The molecule has 3 aliphatic carbocycles. The Hall–Kier alpha value is -3.01. The van der Waals surface area contributed by atoms with E-state index in [0.717, 1.165) is 74.4 Å². The van der Waals surface area contributed by atoms with Gasteiger partial charge in [0.25, 0.3) is 5.91 Å². The summed E-state index contributed by atoms with van der Waals surface area (Å²) in [5, 5.41) is 0.355. The van der Waals surface area contributed by atoms with Gasteiger partial charge in [-0.05, 0) is 130 Å². The Morgan fingerprint density at radius 2 is 1.96 bits per heavy atom. The molecule has 2 aromatic rings. The number of anilines is 1. The van der Waals surface area contributed by atoms with Gasteiger partial charge in [0.15, 0.2) is 0 Å². The van der Waals surface area contributed by atoms with E-state index in [9.17, 15) is 13.8 Å². The van der Waals surface area contributed by atoms with E-state index in [0.29, 0.717) is 31.2 Å². The van der Waals surface area contributed by atoms with E-state index in [-0.39, 0.29) is 40.7 Å². The number of hydrogen-bond donors (Lipinski definition) is 1. The van der Waals surface area contributed by atoms with E-state index in [1.807, 2.05) is 44.0 Å². The molecule has 5 aliphatic rings. The second-order valence-electron chi connectivity index (χ2n) is 16.1. The number of carbonyl (C=O) groups excluding carboxylic acids is 2. The number of allylic oxidation sites excluding steroid dienone is 1. The number of amides is 2. The number of ether oxygens (including phenoxy) is 2. The van der Waals surface area contributed by atoms with Gasteiger partial charge in [-0.1, -0.05) is 36.7 Å². The fraction of sp³-hybridized carbons (Fsp3) is 0.585. The SMILES string of the molecule is C=S1(=O)NC(=O)c2ccc3c(c2)N(C[C@@H]2CC[C@H]2[C@@](CC(=O)N(C)C2CCC2)(OC)/C=C/C[C@H](C)[C@H]1C)C[C@@]1(CCCc2cc(Cl)ccc21)CO3. The van der Waals surface area contributed by atoms with Crippen LogP contribution in [-0.4, -0.2) is 77.5 Å². The lowest BCUT2D eigenvalue weighted by molar-refractivity contribution is -0.144. The van der Waals surface area contributed by atoms with Crippen LogP contribution in [-0.2, 0) is 31.1 Å². The number of halogens is 1. The van der Waals surface area contributed by atoms with Crippen molar-refractivity contribution in [2.45, 2.75) is 100 Å². The van der Waals surface area contributed by atoms with Crippen LogP contribution >= 0.6 is 11.6 Å². The van der Waals surface area contributed by atoms with Crippen LogP contribution in [0.15, 0.2) is 48.6 Å². The van der Waals surface area contributed by atoms with Crippen LogP contribution in [0.5, 0.6) is 5.75 Å². The van der Waals surface area contributed by atoms with E-state index < -0.39 is 21.2 Å². The van der Waals surface area contributed by atoms with Gasteiger partial charge >= 0.3 is 0 Å². The molecule has 2 heterocycles. The van der Waals surface area contributed by atoms with Crippen molar-refractivity contribution in [1.29, 1.82) is 0 Å². The normalized spacial score (nSPS) is 34.5. The Morgan fingerprint density at radius 3 is 2.67 bits per heavy atom. The number of nitrogens with zero attached hydrogens (tertiary/aromatic N) is 2. The van der Waals surface area contributed by atoms with Crippen LogP contribution in [0.2, 0.25) is 5.02 Å². The number of nitrogens with one attached hydrogen (secondary N) is 1. The molecule has 10 heteroatoms. The first-order valence-corrected chi connectivity index (χ1v) is 21.0. The molecule has 276 valence electrons. The Morgan fingerprint density at radius 1 is 1.16 bits per heavy atom. The highest BCUT2D eigenvalue weighted by molar-refractivity contribution is 7.99. The van der Waals surface area contributed by atoms with E-state index in [2.05, 4.69) is 39.8 Å². The van der Waals surface area contributed by atoms with Gasteiger partial charge in [-0.3, -0.25) is 14.3 Å². The maximum Gasteiger partial charge on any atom is 0.262 e. The van der Waals surface area contributed by atoms with Gasteiger partial charge in [-0.2, -0.15) is 0 Å². The molecule has 7 rings (SSSR count). The Balaban J connectivity index is 1.31. The molecule has 0 aromatic heterocycles. The highest BCUT2D eigenvalue weighted by Gasteiger charge is 2.50. The number of rotatable bonds is 4. The second-order valence-corrected chi connectivity index (χ2v) is 19.0. The summed E-state index contributed by atoms with van der Waals surface area (Å²) in [7, 11) is 0.693. The Bertz CT molecular complexity index is 1810. The third-order valence-corrected chi connectivity index (χ3v) is 15.6. The fourth-order valence-electron chi connectivity index (χ4n) is 9.27. The minimum Gasteiger partial charge on any atom is -0.490 e. The predicted molar refractivity (Wildman–Crippen MR) is 206 cm³/mol. The number of methoxy groups -OCH3 is 1. The summed E-state index contributed by atoms with van der Waals surface area (Å²) in [5.74, 6) is 4.80. The lowest BCUT2D eigenvalue weighted by Crippen LogP contribution is -2.55. The van der Waals surface area contributed by atoms with Crippen LogP contribution in [0.25, 0.3) is 0 Å². The van der Waals surface area contributed by atoms with Crippen LogP contribution in [0.3, 0.4) is 0 Å². The number of benzene rings is 2. The van der Waals surface area contributed by atoms with Gasteiger partial charge in [0.1, 0.15) is 5.75 Å². The van der Waals surface area contributed by atoms with Crippen LogP contribution in [0.1, 0.15) is 93.1 Å². The average molecular weight is 736 g/mol. The minimum atomic E-state index is -3.00. The second kappa shape index (κ2) is 14.1. The maximum atomic E-state index is 14.0. The highest BCUT2D eigenvalue weighted by Crippen LogP contribution is 2.50. The van der Waals surface area contributed by atoms with Gasteiger partial charge in [0.05, 0.1) is 34.0 Å². The van der Waals surface area contributed by atoms with Crippen molar-refractivity contribution >= 4 is 44.7 Å². The van der Waals surface area contributed by atoms with Crippen molar-refractivity contribution < 1.29 is 23.3 Å². The minimum absolute atomic E-state index is 0.0417. The zero-order valence-electron chi connectivity index (χ0n) is 30.6. The largest absolute Gasteiger partial charge is 0.490 e. The fourth-order valence-corrected chi connectivity index (χ4v) is 10.9. The van der Waals surface area contributed by atoms with Gasteiger partial charge in [-0.15, -0.1) is 0 Å². The first-order chi connectivity index (χ1) is 24.3. The molecule has 8 nitrogen and oxygen atoms in total. The molecule has 51 heavy (non-hydrogen) atoms. The molecular formula is C41H54ClN3O5S. The van der Waals surface area contributed by atoms with Gasteiger partial charge < -0.3 is 19.3 Å². The monoisotopic (exact) mass is 735 g/mol. The number of aryl methyl sites for hydroxylation is 1. The third-order valence-electron chi connectivity index (χ3n) is 13.2. The first kappa shape index (κ1) is 36.4. The van der Waals surface area contributed by atoms with Crippen LogP contribution in [0, 0.1) is 17.8 Å². The van der Waals surface area contributed by atoms with Crippen molar-refractivity contribution in [3.63, 3.8) is 0 Å². The predicted octanol–water partition coefficient (Wildman–Crippen LogP) is 6.97. The van der Waals surface area contributed by atoms with Gasteiger partial charge in [0, 0.05) is 54.5 Å². The smallest absolute Gasteiger partial charge is 0.262 e. The van der Waals surface area contributed by atoms with Gasteiger partial charge in [0.2, 0.25) is 5.91 Å². The lowest BCUT2D eigenvalue weighted by atomic mass is 9.62.